The molecule has 0 aromatic rings. The van der Waals surface area contributed by atoms with Gasteiger partial charge in [0.15, 0.2) is 0 Å². The van der Waals surface area contributed by atoms with Gasteiger partial charge in [0, 0.05) is 13.2 Å². The van der Waals surface area contributed by atoms with Crippen molar-refractivity contribution in [3.63, 3.8) is 0 Å². The Morgan fingerprint density at radius 2 is 2.00 bits per heavy atom. The van der Waals surface area contributed by atoms with Crippen LogP contribution in [0.3, 0.4) is 0 Å². The van der Waals surface area contributed by atoms with E-state index in [0.29, 0.717) is 31.0 Å². The van der Waals surface area contributed by atoms with Crippen molar-refractivity contribution in [1.82, 2.24) is 10.2 Å². The summed E-state index contributed by atoms with van der Waals surface area (Å²) in [5.41, 5.74) is 0. The number of hydrogen-bond donors (Lipinski definition) is 1. The largest absolute Gasteiger partial charge is 0.471 e. The van der Waals surface area contributed by atoms with Crippen LogP contribution < -0.4 is 5.32 Å². The number of ether oxygens (including phenoxy) is 1. The van der Waals surface area contributed by atoms with Crippen LogP contribution >= 0.6 is 0 Å². The molecule has 2 atom stereocenters. The normalized spacial score (nSPS) is 27.6. The van der Waals surface area contributed by atoms with E-state index < -0.39 is 24.0 Å². The molecule has 2 amide bonds. The molecule has 1 N–H and O–H groups in total. The fraction of sp³-hybridized carbons (Fsp3) is 0.818. The summed E-state index contributed by atoms with van der Waals surface area (Å²) in [6.07, 6.45) is -3.62. The summed E-state index contributed by atoms with van der Waals surface area (Å²) in [7, 11) is 0. The number of alkyl halides is 3. The fourth-order valence-corrected chi connectivity index (χ4v) is 2.39. The number of nitrogens with zero attached hydrogens (tertiary/aromatic N) is 1. The first-order chi connectivity index (χ1) is 8.89. The second-order valence-corrected chi connectivity index (χ2v) is 4.72. The lowest BCUT2D eigenvalue weighted by Gasteiger charge is -2.25. The van der Waals surface area contributed by atoms with E-state index in [0.717, 1.165) is 0 Å². The minimum atomic E-state index is -4.93. The molecular formula is C11H15F3N2O3. The highest BCUT2D eigenvalue weighted by Crippen LogP contribution is 2.25. The number of carbonyl (C=O) groups excluding carboxylic acids is 2. The molecule has 0 saturated carbocycles. The summed E-state index contributed by atoms with van der Waals surface area (Å²) in [5.74, 6) is -2.46. The molecular weight excluding hydrogens is 265 g/mol. The zero-order chi connectivity index (χ0) is 14.0. The second-order valence-electron chi connectivity index (χ2n) is 4.72. The lowest BCUT2D eigenvalue weighted by molar-refractivity contribution is -0.186. The van der Waals surface area contributed by atoms with E-state index >= 15 is 0 Å². The van der Waals surface area contributed by atoms with Gasteiger partial charge < -0.3 is 15.0 Å². The van der Waals surface area contributed by atoms with Gasteiger partial charge in [-0.15, -0.1) is 0 Å². The molecule has 2 saturated heterocycles. The van der Waals surface area contributed by atoms with Gasteiger partial charge in [0.2, 0.25) is 5.91 Å². The summed E-state index contributed by atoms with van der Waals surface area (Å²) in [6.45, 7) is 0.865. The molecule has 2 heterocycles. The number of amides is 2. The first-order valence-electron chi connectivity index (χ1n) is 6.15. The van der Waals surface area contributed by atoms with Crippen molar-refractivity contribution in [3.8, 4) is 0 Å². The molecule has 108 valence electrons. The summed E-state index contributed by atoms with van der Waals surface area (Å²) in [6, 6.07) is -1.19. The van der Waals surface area contributed by atoms with Gasteiger partial charge in [-0.1, -0.05) is 0 Å². The Labute approximate surface area is 108 Å². The predicted octanol–water partition coefficient (Wildman–Crippen LogP) is 0.445. The zero-order valence-corrected chi connectivity index (χ0v) is 10.2. The van der Waals surface area contributed by atoms with Crippen LogP contribution in [0.2, 0.25) is 0 Å². The fourth-order valence-electron chi connectivity index (χ4n) is 2.39. The Balaban J connectivity index is 1.97. The van der Waals surface area contributed by atoms with E-state index in [-0.39, 0.29) is 19.0 Å². The van der Waals surface area contributed by atoms with Crippen LogP contribution in [-0.4, -0.2) is 54.7 Å². The maximum absolute atomic E-state index is 12.4. The van der Waals surface area contributed by atoms with Gasteiger partial charge in [0.25, 0.3) is 0 Å². The van der Waals surface area contributed by atoms with Gasteiger partial charge in [-0.3, -0.25) is 9.59 Å². The molecule has 0 aromatic heterocycles. The van der Waals surface area contributed by atoms with Gasteiger partial charge in [-0.05, 0) is 19.3 Å². The minimum absolute atomic E-state index is 0.0302. The molecule has 0 aliphatic carbocycles. The molecule has 2 unspecified atom stereocenters. The summed E-state index contributed by atoms with van der Waals surface area (Å²) >= 11 is 0. The Morgan fingerprint density at radius 1 is 1.26 bits per heavy atom. The number of nitrogens with one attached hydrogen (secondary N) is 1. The Morgan fingerprint density at radius 3 is 2.58 bits per heavy atom. The van der Waals surface area contributed by atoms with Crippen molar-refractivity contribution in [2.75, 3.05) is 19.8 Å². The van der Waals surface area contributed by atoms with Gasteiger partial charge in [-0.2, -0.15) is 13.2 Å². The van der Waals surface area contributed by atoms with Crippen molar-refractivity contribution < 1.29 is 27.5 Å². The van der Waals surface area contributed by atoms with Crippen LogP contribution in [0.4, 0.5) is 13.2 Å². The Hall–Kier alpha value is -1.31. The molecule has 5 nitrogen and oxygen atoms in total. The van der Waals surface area contributed by atoms with E-state index in [1.807, 2.05) is 0 Å². The summed E-state index contributed by atoms with van der Waals surface area (Å²) < 4.78 is 42.3. The van der Waals surface area contributed by atoms with E-state index in [9.17, 15) is 22.8 Å². The van der Waals surface area contributed by atoms with Crippen LogP contribution in [0, 0.1) is 0 Å². The zero-order valence-electron chi connectivity index (χ0n) is 10.2. The molecule has 0 bridgehead atoms. The first-order valence-corrected chi connectivity index (χ1v) is 6.15. The molecule has 0 aromatic carbocycles. The van der Waals surface area contributed by atoms with Crippen LogP contribution in [0.25, 0.3) is 0 Å². The van der Waals surface area contributed by atoms with E-state index in [1.165, 1.54) is 0 Å². The SMILES string of the molecule is O=C(NC1CCOC1)C1CCCN1C(=O)C(F)(F)F. The summed E-state index contributed by atoms with van der Waals surface area (Å²) in [4.78, 5) is 23.7. The molecule has 8 heteroatoms. The average Bonchev–Trinajstić information content (AvgIpc) is 2.96. The lowest BCUT2D eigenvalue weighted by atomic mass is 10.1. The van der Waals surface area contributed by atoms with E-state index in [1.54, 1.807) is 0 Å². The molecule has 19 heavy (non-hydrogen) atoms. The Kier molecular flexibility index (Phi) is 3.98. The van der Waals surface area contributed by atoms with Gasteiger partial charge >= 0.3 is 12.1 Å². The number of hydrogen-bond acceptors (Lipinski definition) is 3. The van der Waals surface area contributed by atoms with Crippen LogP contribution in [-0.2, 0) is 14.3 Å². The van der Waals surface area contributed by atoms with E-state index in [4.69, 9.17) is 4.74 Å². The van der Waals surface area contributed by atoms with Crippen molar-refractivity contribution in [3.05, 3.63) is 0 Å². The van der Waals surface area contributed by atoms with Crippen molar-refractivity contribution in [1.29, 1.82) is 0 Å². The molecule has 2 rings (SSSR count). The van der Waals surface area contributed by atoms with Crippen molar-refractivity contribution in [2.24, 2.45) is 0 Å². The third-order valence-electron chi connectivity index (χ3n) is 3.33. The smallest absolute Gasteiger partial charge is 0.379 e. The monoisotopic (exact) mass is 280 g/mol. The topological polar surface area (TPSA) is 58.6 Å². The maximum atomic E-state index is 12.4. The van der Waals surface area contributed by atoms with Gasteiger partial charge in [0.1, 0.15) is 6.04 Å². The number of carbonyl (C=O) groups is 2. The number of rotatable bonds is 2. The highest BCUT2D eigenvalue weighted by atomic mass is 19.4. The van der Waals surface area contributed by atoms with Crippen molar-refractivity contribution >= 4 is 11.8 Å². The first kappa shape index (κ1) is 14.1. The van der Waals surface area contributed by atoms with E-state index in [2.05, 4.69) is 5.32 Å². The summed E-state index contributed by atoms with van der Waals surface area (Å²) in [5, 5.41) is 2.63. The standard InChI is InChI=1S/C11H15F3N2O3/c12-11(13,14)10(18)16-4-1-2-8(16)9(17)15-7-3-5-19-6-7/h7-8H,1-6H2,(H,15,17). The van der Waals surface area contributed by atoms with Gasteiger partial charge in [0.05, 0.1) is 12.6 Å². The van der Waals surface area contributed by atoms with Crippen LogP contribution in [0.15, 0.2) is 0 Å². The van der Waals surface area contributed by atoms with Crippen molar-refractivity contribution in [2.45, 2.75) is 37.5 Å². The van der Waals surface area contributed by atoms with Crippen LogP contribution in [0.1, 0.15) is 19.3 Å². The molecule has 0 spiro atoms. The van der Waals surface area contributed by atoms with Gasteiger partial charge in [-0.25, -0.2) is 0 Å². The maximum Gasteiger partial charge on any atom is 0.471 e. The molecule has 2 fully saturated rings. The molecule has 0 radical (unpaired) electrons. The number of halogens is 3. The highest BCUT2D eigenvalue weighted by Gasteiger charge is 2.47. The Bertz CT molecular complexity index is 367. The third kappa shape index (κ3) is 3.17. The second kappa shape index (κ2) is 5.36. The quantitative estimate of drug-likeness (QED) is 0.798. The molecule has 2 aliphatic heterocycles. The average molecular weight is 280 g/mol. The highest BCUT2D eigenvalue weighted by molar-refractivity contribution is 5.90. The minimum Gasteiger partial charge on any atom is -0.379 e. The number of likely N-dealkylation sites (tertiary alicyclic amines) is 1. The van der Waals surface area contributed by atoms with Crippen LogP contribution in [0.5, 0.6) is 0 Å². The lowest BCUT2D eigenvalue weighted by Crippen LogP contribution is -2.52. The third-order valence-corrected chi connectivity index (χ3v) is 3.33. The predicted molar refractivity (Wildman–Crippen MR) is 58.2 cm³/mol. The molecule has 2 aliphatic rings.